The van der Waals surface area contributed by atoms with Gasteiger partial charge in [0, 0.05) is 10.0 Å². The van der Waals surface area contributed by atoms with E-state index in [1.807, 2.05) is 36.4 Å². The summed E-state index contributed by atoms with van der Waals surface area (Å²) in [6.45, 7) is 6.51. The average molecular weight is 384 g/mol. The van der Waals surface area contributed by atoms with Crippen LogP contribution in [0.4, 0.5) is 0 Å². The summed E-state index contributed by atoms with van der Waals surface area (Å²) in [7, 11) is 0. The fourth-order valence-corrected chi connectivity index (χ4v) is 2.63. The van der Waals surface area contributed by atoms with E-state index in [0.717, 1.165) is 15.6 Å². The minimum absolute atomic E-state index is 0.102. The van der Waals surface area contributed by atoms with Gasteiger partial charge < -0.3 is 4.74 Å². The number of nitrogens with zero attached hydrogens (tertiary/aromatic N) is 1. The molecular weight excluding hydrogens is 366 g/mol. The minimum atomic E-state index is -0.423. The van der Waals surface area contributed by atoms with Gasteiger partial charge in [-0.25, -0.2) is 9.79 Å². The zero-order valence-corrected chi connectivity index (χ0v) is 15.4. The predicted octanol–water partition coefficient (Wildman–Crippen LogP) is 5.09. The first-order valence-electron chi connectivity index (χ1n) is 7.72. The van der Waals surface area contributed by atoms with Crippen LogP contribution in [0, 0.1) is 0 Å². The number of carbonyl (C=O) groups excluding carboxylic acids is 1. The number of rotatable bonds is 2. The van der Waals surface area contributed by atoms with Crippen LogP contribution in [0.15, 0.2) is 63.7 Å². The first-order valence-corrected chi connectivity index (χ1v) is 8.51. The van der Waals surface area contributed by atoms with Crippen molar-refractivity contribution in [3.8, 4) is 0 Å². The fraction of sp³-hybridized carbons (Fsp3) is 0.200. The van der Waals surface area contributed by atoms with Gasteiger partial charge in [-0.1, -0.05) is 61.0 Å². The molecule has 1 aliphatic heterocycles. The maximum absolute atomic E-state index is 12.0. The van der Waals surface area contributed by atoms with Crippen LogP contribution in [-0.2, 0) is 14.9 Å². The molecular formula is C20H18BrNO2. The van der Waals surface area contributed by atoms with Crippen LogP contribution < -0.4 is 0 Å². The second-order valence-electron chi connectivity index (χ2n) is 6.71. The normalized spacial score (nSPS) is 16.2. The minimum Gasteiger partial charge on any atom is -0.402 e. The molecule has 0 radical (unpaired) electrons. The van der Waals surface area contributed by atoms with E-state index >= 15 is 0 Å². The SMILES string of the molecule is CC(C)(C)c1ccc(C=C2N=C(c3ccc(Br)cc3)OC2=O)cc1. The number of ether oxygens (including phenoxy) is 1. The molecule has 24 heavy (non-hydrogen) atoms. The lowest BCUT2D eigenvalue weighted by Gasteiger charge is -2.18. The molecule has 0 spiro atoms. The molecule has 122 valence electrons. The van der Waals surface area contributed by atoms with Crippen LogP contribution in [0.5, 0.6) is 0 Å². The summed E-state index contributed by atoms with van der Waals surface area (Å²) in [4.78, 5) is 16.4. The number of hydrogen-bond donors (Lipinski definition) is 0. The van der Waals surface area contributed by atoms with Crippen molar-refractivity contribution in [1.82, 2.24) is 0 Å². The van der Waals surface area contributed by atoms with E-state index in [-0.39, 0.29) is 5.41 Å². The molecule has 0 aliphatic carbocycles. The van der Waals surface area contributed by atoms with E-state index in [2.05, 4.69) is 53.8 Å². The highest BCUT2D eigenvalue weighted by Gasteiger charge is 2.24. The van der Waals surface area contributed by atoms with Gasteiger partial charge in [-0.3, -0.25) is 0 Å². The van der Waals surface area contributed by atoms with Crippen LogP contribution in [0.25, 0.3) is 6.08 Å². The monoisotopic (exact) mass is 383 g/mol. The summed E-state index contributed by atoms with van der Waals surface area (Å²) < 4.78 is 6.24. The summed E-state index contributed by atoms with van der Waals surface area (Å²) in [5.41, 5.74) is 3.37. The Morgan fingerprint density at radius 3 is 2.21 bits per heavy atom. The molecule has 0 unspecified atom stereocenters. The van der Waals surface area contributed by atoms with E-state index in [1.165, 1.54) is 5.56 Å². The molecule has 0 aromatic heterocycles. The third-order valence-electron chi connectivity index (χ3n) is 3.79. The van der Waals surface area contributed by atoms with Crippen molar-refractivity contribution in [2.75, 3.05) is 0 Å². The van der Waals surface area contributed by atoms with Crippen LogP contribution in [0.3, 0.4) is 0 Å². The van der Waals surface area contributed by atoms with Crippen LogP contribution in [-0.4, -0.2) is 11.9 Å². The highest BCUT2D eigenvalue weighted by molar-refractivity contribution is 9.10. The Bertz CT molecular complexity index is 825. The highest BCUT2D eigenvalue weighted by Crippen LogP contribution is 2.24. The summed E-state index contributed by atoms with van der Waals surface area (Å²) in [5, 5.41) is 0. The molecule has 0 amide bonds. The number of hydrogen-bond acceptors (Lipinski definition) is 3. The lowest BCUT2D eigenvalue weighted by molar-refractivity contribution is -0.129. The van der Waals surface area contributed by atoms with E-state index in [9.17, 15) is 4.79 Å². The van der Waals surface area contributed by atoms with Gasteiger partial charge in [0.15, 0.2) is 5.70 Å². The lowest BCUT2D eigenvalue weighted by atomic mass is 9.87. The number of esters is 1. The Balaban J connectivity index is 1.87. The standard InChI is InChI=1S/C20H18BrNO2/c1-20(2,3)15-8-4-13(5-9-15)12-17-19(23)24-18(22-17)14-6-10-16(21)11-7-14/h4-12H,1-3H3. The lowest BCUT2D eigenvalue weighted by Crippen LogP contribution is -2.10. The molecule has 3 rings (SSSR count). The highest BCUT2D eigenvalue weighted by atomic mass is 79.9. The molecule has 2 aromatic carbocycles. The largest absolute Gasteiger partial charge is 0.402 e. The summed E-state index contributed by atoms with van der Waals surface area (Å²) in [5.74, 6) is -0.0853. The Kier molecular flexibility index (Phi) is 4.41. The van der Waals surface area contributed by atoms with Crippen LogP contribution >= 0.6 is 15.9 Å². The van der Waals surface area contributed by atoms with Gasteiger partial charge in [0.1, 0.15) is 0 Å². The molecule has 0 fully saturated rings. The van der Waals surface area contributed by atoms with E-state index in [1.54, 1.807) is 6.08 Å². The topological polar surface area (TPSA) is 38.7 Å². The smallest absolute Gasteiger partial charge is 0.363 e. The zero-order valence-electron chi connectivity index (χ0n) is 13.8. The van der Waals surface area contributed by atoms with Gasteiger partial charge >= 0.3 is 5.97 Å². The van der Waals surface area contributed by atoms with Crippen molar-refractivity contribution >= 4 is 33.9 Å². The number of carbonyl (C=O) groups is 1. The molecule has 4 heteroatoms. The van der Waals surface area contributed by atoms with E-state index in [0.29, 0.717) is 11.6 Å². The molecule has 0 bridgehead atoms. The summed E-state index contributed by atoms with van der Waals surface area (Å²) >= 11 is 3.38. The van der Waals surface area contributed by atoms with Crippen molar-refractivity contribution in [1.29, 1.82) is 0 Å². The van der Waals surface area contributed by atoms with Gasteiger partial charge in [-0.2, -0.15) is 0 Å². The van der Waals surface area contributed by atoms with Gasteiger partial charge in [0.25, 0.3) is 0 Å². The number of benzene rings is 2. The maximum Gasteiger partial charge on any atom is 0.363 e. The third-order valence-corrected chi connectivity index (χ3v) is 4.32. The maximum atomic E-state index is 12.0. The van der Waals surface area contributed by atoms with Crippen LogP contribution in [0.2, 0.25) is 0 Å². The van der Waals surface area contributed by atoms with Crippen molar-refractivity contribution in [3.05, 3.63) is 75.4 Å². The number of aliphatic imine (C=N–C) groups is 1. The van der Waals surface area contributed by atoms with E-state index in [4.69, 9.17) is 4.74 Å². The third kappa shape index (κ3) is 3.65. The zero-order chi connectivity index (χ0) is 17.3. The summed E-state index contributed by atoms with van der Waals surface area (Å²) in [6, 6.07) is 15.6. The fourth-order valence-electron chi connectivity index (χ4n) is 2.36. The molecule has 0 saturated heterocycles. The van der Waals surface area contributed by atoms with Gasteiger partial charge in [-0.05, 0) is 46.9 Å². The average Bonchev–Trinajstić information content (AvgIpc) is 2.89. The Morgan fingerprint density at radius 1 is 1.00 bits per heavy atom. The Morgan fingerprint density at radius 2 is 1.62 bits per heavy atom. The molecule has 0 saturated carbocycles. The Hall–Kier alpha value is -2.20. The quantitative estimate of drug-likeness (QED) is 0.534. The first-order chi connectivity index (χ1) is 11.3. The predicted molar refractivity (Wildman–Crippen MR) is 99.9 cm³/mol. The Labute approximate surface area is 150 Å². The van der Waals surface area contributed by atoms with Gasteiger partial charge in [0.2, 0.25) is 5.90 Å². The number of cyclic esters (lactones) is 1. The first kappa shape index (κ1) is 16.7. The molecule has 0 N–H and O–H groups in total. The van der Waals surface area contributed by atoms with Crippen molar-refractivity contribution < 1.29 is 9.53 Å². The van der Waals surface area contributed by atoms with Crippen molar-refractivity contribution in [2.24, 2.45) is 4.99 Å². The number of halogens is 1. The van der Waals surface area contributed by atoms with Gasteiger partial charge in [0.05, 0.1) is 0 Å². The molecule has 0 atom stereocenters. The molecule has 3 nitrogen and oxygen atoms in total. The summed E-state index contributed by atoms with van der Waals surface area (Å²) in [6.07, 6.45) is 1.75. The molecule has 1 aliphatic rings. The van der Waals surface area contributed by atoms with Gasteiger partial charge in [-0.15, -0.1) is 0 Å². The molecule has 1 heterocycles. The second kappa shape index (κ2) is 6.36. The van der Waals surface area contributed by atoms with Crippen LogP contribution in [0.1, 0.15) is 37.5 Å². The second-order valence-corrected chi connectivity index (χ2v) is 7.63. The van der Waals surface area contributed by atoms with Crippen molar-refractivity contribution in [3.63, 3.8) is 0 Å². The van der Waals surface area contributed by atoms with Crippen molar-refractivity contribution in [2.45, 2.75) is 26.2 Å². The van der Waals surface area contributed by atoms with E-state index < -0.39 is 5.97 Å². The molecule has 2 aromatic rings.